The fourth-order valence-electron chi connectivity index (χ4n) is 3.41. The van der Waals surface area contributed by atoms with Gasteiger partial charge in [-0.15, -0.1) is 0 Å². The molecule has 1 saturated heterocycles. The third-order valence-electron chi connectivity index (χ3n) is 4.89. The smallest absolute Gasteiger partial charge is 0.255 e. The van der Waals surface area contributed by atoms with Crippen molar-refractivity contribution in [2.24, 2.45) is 0 Å². The van der Waals surface area contributed by atoms with Gasteiger partial charge in [0.15, 0.2) is 5.13 Å². The SMILES string of the molecule is O=C(Nc1ccc2ccccc2c1)c1ccc2nc(N3C(=O)CCC3=O)sc2c1. The van der Waals surface area contributed by atoms with Gasteiger partial charge in [-0.25, -0.2) is 9.88 Å². The molecule has 4 aromatic rings. The van der Waals surface area contributed by atoms with Crippen molar-refractivity contribution in [1.29, 1.82) is 0 Å². The van der Waals surface area contributed by atoms with Crippen molar-refractivity contribution in [2.45, 2.75) is 12.8 Å². The minimum absolute atomic E-state index is 0.216. The summed E-state index contributed by atoms with van der Waals surface area (Å²) >= 11 is 1.23. The number of benzene rings is 3. The first kappa shape index (κ1) is 17.5. The van der Waals surface area contributed by atoms with Gasteiger partial charge in [-0.1, -0.05) is 41.7 Å². The van der Waals surface area contributed by atoms with E-state index in [2.05, 4.69) is 10.3 Å². The van der Waals surface area contributed by atoms with E-state index in [1.165, 1.54) is 11.3 Å². The average Bonchev–Trinajstić information content (AvgIpc) is 3.29. The first-order valence-corrected chi connectivity index (χ1v) is 9.97. The molecule has 0 radical (unpaired) electrons. The van der Waals surface area contributed by atoms with Crippen molar-refractivity contribution in [3.8, 4) is 0 Å². The van der Waals surface area contributed by atoms with Crippen LogP contribution in [-0.2, 0) is 9.59 Å². The van der Waals surface area contributed by atoms with E-state index in [9.17, 15) is 14.4 Å². The van der Waals surface area contributed by atoms with Crippen molar-refractivity contribution in [2.75, 3.05) is 10.2 Å². The molecular formula is C22H15N3O3S. The van der Waals surface area contributed by atoms with Gasteiger partial charge in [0.2, 0.25) is 11.8 Å². The summed E-state index contributed by atoms with van der Waals surface area (Å²) in [5, 5.41) is 5.43. The van der Waals surface area contributed by atoms with E-state index in [0.717, 1.165) is 20.4 Å². The lowest BCUT2D eigenvalue weighted by Gasteiger charge is -2.07. The molecular weight excluding hydrogens is 386 g/mol. The second kappa shape index (κ2) is 6.79. The Morgan fingerprint density at radius 1 is 0.931 bits per heavy atom. The summed E-state index contributed by atoms with van der Waals surface area (Å²) in [6.45, 7) is 0. The van der Waals surface area contributed by atoms with Crippen LogP contribution in [0, 0.1) is 0 Å². The Kier molecular flexibility index (Phi) is 4.10. The van der Waals surface area contributed by atoms with Crippen LogP contribution < -0.4 is 10.2 Å². The van der Waals surface area contributed by atoms with Crippen molar-refractivity contribution < 1.29 is 14.4 Å². The van der Waals surface area contributed by atoms with Crippen LogP contribution in [0.1, 0.15) is 23.2 Å². The number of carbonyl (C=O) groups is 3. The Labute approximate surface area is 169 Å². The minimum Gasteiger partial charge on any atom is -0.322 e. The van der Waals surface area contributed by atoms with Crippen LogP contribution >= 0.6 is 11.3 Å². The third-order valence-corrected chi connectivity index (χ3v) is 5.89. The molecule has 3 amide bonds. The molecule has 29 heavy (non-hydrogen) atoms. The standard InChI is InChI=1S/C22H15N3O3S/c26-19-9-10-20(27)25(19)22-24-17-8-6-15(12-18(17)29-22)21(28)23-16-7-5-13-3-1-2-4-14(13)11-16/h1-8,11-12H,9-10H2,(H,23,28). The van der Waals surface area contributed by atoms with Crippen molar-refractivity contribution >= 4 is 60.9 Å². The van der Waals surface area contributed by atoms with Crippen molar-refractivity contribution in [3.05, 3.63) is 66.2 Å². The van der Waals surface area contributed by atoms with Gasteiger partial charge in [-0.3, -0.25) is 14.4 Å². The molecule has 0 spiro atoms. The lowest BCUT2D eigenvalue weighted by atomic mass is 10.1. The van der Waals surface area contributed by atoms with Gasteiger partial charge < -0.3 is 5.32 Å². The molecule has 1 aliphatic rings. The Morgan fingerprint density at radius 2 is 1.69 bits per heavy atom. The topological polar surface area (TPSA) is 79.4 Å². The lowest BCUT2D eigenvalue weighted by Crippen LogP contribution is -2.28. The molecule has 2 heterocycles. The van der Waals surface area contributed by atoms with Crippen molar-refractivity contribution in [1.82, 2.24) is 4.98 Å². The molecule has 1 fully saturated rings. The number of amides is 3. The van der Waals surface area contributed by atoms with E-state index in [1.54, 1.807) is 18.2 Å². The maximum absolute atomic E-state index is 12.7. The van der Waals surface area contributed by atoms with Gasteiger partial charge in [0.1, 0.15) is 0 Å². The number of carbonyl (C=O) groups excluding carboxylic acids is 3. The first-order valence-electron chi connectivity index (χ1n) is 9.15. The number of nitrogens with zero attached hydrogens (tertiary/aromatic N) is 2. The number of nitrogens with one attached hydrogen (secondary N) is 1. The van der Waals surface area contributed by atoms with Crippen LogP contribution in [0.5, 0.6) is 0 Å². The summed E-state index contributed by atoms with van der Waals surface area (Å²) < 4.78 is 0.749. The number of fused-ring (bicyclic) bond motifs is 2. The van der Waals surface area contributed by atoms with Gasteiger partial charge in [-0.05, 0) is 41.1 Å². The van der Waals surface area contributed by atoms with Gasteiger partial charge in [-0.2, -0.15) is 0 Å². The Hall–Kier alpha value is -3.58. The van der Waals surface area contributed by atoms with Crippen LogP contribution in [0.3, 0.4) is 0 Å². The Morgan fingerprint density at radius 3 is 2.48 bits per heavy atom. The monoisotopic (exact) mass is 401 g/mol. The highest BCUT2D eigenvalue weighted by Gasteiger charge is 2.32. The van der Waals surface area contributed by atoms with Crippen LogP contribution in [0.15, 0.2) is 60.7 Å². The normalized spacial score (nSPS) is 14.1. The fourth-order valence-corrected chi connectivity index (χ4v) is 4.45. The molecule has 5 rings (SSSR count). The number of thiazole rings is 1. The summed E-state index contributed by atoms with van der Waals surface area (Å²) in [5.74, 6) is -0.697. The quantitative estimate of drug-likeness (QED) is 0.518. The molecule has 1 aliphatic heterocycles. The van der Waals surface area contributed by atoms with E-state index >= 15 is 0 Å². The number of anilines is 2. The molecule has 0 saturated carbocycles. The summed E-state index contributed by atoms with van der Waals surface area (Å²) in [7, 11) is 0. The van der Waals surface area contributed by atoms with Gasteiger partial charge in [0, 0.05) is 24.1 Å². The van der Waals surface area contributed by atoms with Gasteiger partial charge in [0.05, 0.1) is 10.2 Å². The molecule has 0 atom stereocenters. The molecule has 7 heteroatoms. The summed E-state index contributed by atoms with van der Waals surface area (Å²) in [5.41, 5.74) is 1.85. The zero-order valence-electron chi connectivity index (χ0n) is 15.2. The highest BCUT2D eigenvalue weighted by Crippen LogP contribution is 2.32. The predicted octanol–water partition coefficient (Wildman–Crippen LogP) is 4.36. The minimum atomic E-state index is -0.233. The third kappa shape index (κ3) is 3.15. The molecule has 1 aromatic heterocycles. The zero-order chi connectivity index (χ0) is 20.0. The average molecular weight is 401 g/mol. The number of rotatable bonds is 3. The van der Waals surface area contributed by atoms with E-state index in [0.29, 0.717) is 21.9 Å². The highest BCUT2D eigenvalue weighted by molar-refractivity contribution is 7.22. The molecule has 142 valence electrons. The second-order valence-electron chi connectivity index (χ2n) is 6.82. The summed E-state index contributed by atoms with van der Waals surface area (Å²) in [4.78, 5) is 42.1. The molecule has 0 bridgehead atoms. The van der Waals surface area contributed by atoms with Gasteiger partial charge >= 0.3 is 0 Å². The van der Waals surface area contributed by atoms with Crippen LogP contribution in [0.2, 0.25) is 0 Å². The Bertz CT molecular complexity index is 1300. The van der Waals surface area contributed by atoms with Gasteiger partial charge in [0.25, 0.3) is 5.91 Å². The molecule has 0 aliphatic carbocycles. The number of imide groups is 1. The van der Waals surface area contributed by atoms with Crippen LogP contribution in [-0.4, -0.2) is 22.7 Å². The van der Waals surface area contributed by atoms with Crippen molar-refractivity contribution in [3.63, 3.8) is 0 Å². The number of hydrogen-bond acceptors (Lipinski definition) is 5. The second-order valence-corrected chi connectivity index (χ2v) is 7.83. The van der Waals surface area contributed by atoms with Crippen LogP contribution in [0.4, 0.5) is 10.8 Å². The zero-order valence-corrected chi connectivity index (χ0v) is 16.0. The highest BCUT2D eigenvalue weighted by atomic mass is 32.1. The van der Waals surface area contributed by atoms with E-state index in [-0.39, 0.29) is 30.6 Å². The maximum Gasteiger partial charge on any atom is 0.255 e. The van der Waals surface area contributed by atoms with E-state index in [4.69, 9.17) is 0 Å². The Balaban J connectivity index is 1.42. The first-order chi connectivity index (χ1) is 14.1. The lowest BCUT2D eigenvalue weighted by molar-refractivity contribution is -0.121. The van der Waals surface area contributed by atoms with E-state index < -0.39 is 0 Å². The summed E-state index contributed by atoms with van der Waals surface area (Å²) in [6, 6.07) is 18.9. The maximum atomic E-state index is 12.7. The largest absolute Gasteiger partial charge is 0.322 e. The molecule has 6 nitrogen and oxygen atoms in total. The molecule has 1 N–H and O–H groups in total. The molecule has 0 unspecified atom stereocenters. The fraction of sp³-hybridized carbons (Fsp3) is 0.0909. The van der Waals surface area contributed by atoms with E-state index in [1.807, 2.05) is 42.5 Å². The van der Waals surface area contributed by atoms with Crippen LogP contribution in [0.25, 0.3) is 21.0 Å². The number of hydrogen-bond donors (Lipinski definition) is 1. The number of aromatic nitrogens is 1. The summed E-state index contributed by atoms with van der Waals surface area (Å²) in [6.07, 6.45) is 0.433. The molecule has 3 aromatic carbocycles. The predicted molar refractivity (Wildman–Crippen MR) is 113 cm³/mol.